The second kappa shape index (κ2) is 9.40. The minimum absolute atomic E-state index is 0.131. The van der Waals surface area contributed by atoms with Crippen molar-refractivity contribution in [3.05, 3.63) is 78.9 Å². The fourth-order valence-electron chi connectivity index (χ4n) is 2.94. The average molecular weight is 397 g/mol. The monoisotopic (exact) mass is 396 g/mol. The van der Waals surface area contributed by atoms with Gasteiger partial charge in [0.15, 0.2) is 6.10 Å². The van der Waals surface area contributed by atoms with Crippen molar-refractivity contribution in [2.24, 2.45) is 0 Å². The molecule has 4 nitrogen and oxygen atoms in total. The molecule has 1 atom stereocenters. The molecule has 3 rings (SSSR count). The highest BCUT2D eigenvalue weighted by Gasteiger charge is 2.17. The molecule has 3 aromatic rings. The molecule has 0 heterocycles. The van der Waals surface area contributed by atoms with E-state index in [2.05, 4.69) is 19.2 Å². The predicted octanol–water partition coefficient (Wildman–Crippen LogP) is 5.33. The second-order valence-electron chi connectivity index (χ2n) is 6.19. The van der Waals surface area contributed by atoms with Crippen LogP contribution in [0.15, 0.2) is 73.8 Å². The van der Waals surface area contributed by atoms with Gasteiger partial charge in [-0.25, -0.2) is 4.79 Å². The maximum absolute atomic E-state index is 11.6. The lowest BCUT2D eigenvalue weighted by Crippen LogP contribution is -2.29. The zero-order valence-corrected chi connectivity index (χ0v) is 16.2. The van der Waals surface area contributed by atoms with Crippen LogP contribution in [-0.2, 0) is 14.3 Å². The third-order valence-corrected chi connectivity index (χ3v) is 4.41. The smallest absolute Gasteiger partial charge is 0.330 e. The molecular weight excluding hydrogens is 376 g/mol. The summed E-state index contributed by atoms with van der Waals surface area (Å²) in [6.07, 6.45) is 2.17. The van der Waals surface area contributed by atoms with Crippen molar-refractivity contribution >= 4 is 39.1 Å². The number of ether oxygens (including phenoxy) is 3. The Morgan fingerprint density at radius 2 is 1.82 bits per heavy atom. The van der Waals surface area contributed by atoms with Crippen molar-refractivity contribution in [3.8, 4) is 5.75 Å². The van der Waals surface area contributed by atoms with Gasteiger partial charge in [-0.2, -0.15) is 0 Å². The molecule has 0 aromatic heterocycles. The zero-order valence-electron chi connectivity index (χ0n) is 15.4. The van der Waals surface area contributed by atoms with Gasteiger partial charge in [-0.3, -0.25) is 0 Å². The van der Waals surface area contributed by atoms with Crippen LogP contribution >= 0.6 is 11.6 Å². The lowest BCUT2D eigenvalue weighted by atomic mass is 10.0. The first kappa shape index (κ1) is 19.9. The Bertz CT molecular complexity index is 1010. The van der Waals surface area contributed by atoms with Crippen LogP contribution in [0.4, 0.5) is 0 Å². The van der Waals surface area contributed by atoms with Gasteiger partial charge in [0.25, 0.3) is 0 Å². The Hall–Kier alpha value is -2.82. The van der Waals surface area contributed by atoms with Gasteiger partial charge >= 0.3 is 5.97 Å². The van der Waals surface area contributed by atoms with Gasteiger partial charge < -0.3 is 14.2 Å². The van der Waals surface area contributed by atoms with Crippen LogP contribution in [0.3, 0.4) is 0 Å². The molecule has 0 bridgehead atoms. The van der Waals surface area contributed by atoms with Crippen LogP contribution in [0.25, 0.3) is 21.5 Å². The summed E-state index contributed by atoms with van der Waals surface area (Å²) in [4.78, 5) is 11.6. The third-order valence-electron chi connectivity index (χ3n) is 4.18. The number of rotatable bonds is 9. The summed E-state index contributed by atoms with van der Waals surface area (Å²) < 4.78 is 16.9. The molecule has 144 valence electrons. The highest BCUT2D eigenvalue weighted by molar-refractivity contribution is 6.31. The molecule has 0 radical (unpaired) electrons. The first-order valence-corrected chi connectivity index (χ1v) is 9.25. The first-order chi connectivity index (χ1) is 13.6. The SMILES string of the molecule is C=CCOCC(COc1c2ccccc2cc2ccc(Cl)cc12)OC(=O)C=C. The van der Waals surface area contributed by atoms with E-state index in [-0.39, 0.29) is 13.2 Å². The fraction of sp³-hybridized carbons (Fsp3) is 0.174. The number of hydrogen-bond donors (Lipinski definition) is 0. The average Bonchev–Trinajstić information content (AvgIpc) is 2.71. The number of esters is 1. The van der Waals surface area contributed by atoms with Crippen LogP contribution < -0.4 is 4.74 Å². The van der Waals surface area contributed by atoms with E-state index in [0.717, 1.165) is 27.6 Å². The van der Waals surface area contributed by atoms with Gasteiger partial charge in [-0.15, -0.1) is 6.58 Å². The molecular formula is C23H21ClO4. The minimum Gasteiger partial charge on any atom is -0.488 e. The number of carbonyl (C=O) groups is 1. The summed E-state index contributed by atoms with van der Waals surface area (Å²) in [5, 5.41) is 4.54. The molecule has 0 spiro atoms. The molecule has 0 fully saturated rings. The van der Waals surface area contributed by atoms with Crippen molar-refractivity contribution in [2.75, 3.05) is 19.8 Å². The van der Waals surface area contributed by atoms with Crippen molar-refractivity contribution in [3.63, 3.8) is 0 Å². The molecule has 1 unspecified atom stereocenters. The van der Waals surface area contributed by atoms with E-state index in [1.165, 1.54) is 0 Å². The normalized spacial score (nSPS) is 11.9. The zero-order chi connectivity index (χ0) is 19.9. The molecule has 3 aromatic carbocycles. The molecule has 28 heavy (non-hydrogen) atoms. The van der Waals surface area contributed by atoms with E-state index >= 15 is 0 Å². The summed E-state index contributed by atoms with van der Waals surface area (Å²) in [6.45, 7) is 7.72. The van der Waals surface area contributed by atoms with Gasteiger partial charge in [-0.1, -0.05) is 54.6 Å². The quantitative estimate of drug-likeness (QED) is 0.161. The molecule has 0 amide bonds. The molecule has 5 heteroatoms. The summed E-state index contributed by atoms with van der Waals surface area (Å²) in [5.41, 5.74) is 0. The van der Waals surface area contributed by atoms with E-state index in [0.29, 0.717) is 17.4 Å². The minimum atomic E-state index is -0.585. The van der Waals surface area contributed by atoms with Crippen molar-refractivity contribution in [1.29, 1.82) is 0 Å². The Labute approximate surface area is 169 Å². The maximum Gasteiger partial charge on any atom is 0.330 e. The molecule has 0 N–H and O–H groups in total. The number of benzene rings is 3. The largest absolute Gasteiger partial charge is 0.488 e. The standard InChI is InChI=1S/C23H21ClO4/c1-3-11-26-14-19(28-22(25)4-2)15-27-23-20-8-6-5-7-16(20)12-17-9-10-18(24)13-21(17)23/h3-10,12-13,19H,1-2,11,14-15H2. The summed E-state index contributed by atoms with van der Waals surface area (Å²) >= 11 is 6.21. The topological polar surface area (TPSA) is 44.8 Å². The van der Waals surface area contributed by atoms with E-state index in [1.54, 1.807) is 6.08 Å². The summed E-state index contributed by atoms with van der Waals surface area (Å²) in [6, 6.07) is 15.7. The van der Waals surface area contributed by atoms with Crippen LogP contribution in [0.5, 0.6) is 5.75 Å². The maximum atomic E-state index is 11.6. The number of carbonyl (C=O) groups excluding carboxylic acids is 1. The van der Waals surface area contributed by atoms with E-state index in [1.807, 2.05) is 42.5 Å². The van der Waals surface area contributed by atoms with E-state index < -0.39 is 12.1 Å². The van der Waals surface area contributed by atoms with E-state index in [4.69, 9.17) is 25.8 Å². The van der Waals surface area contributed by atoms with Crippen LogP contribution in [0.2, 0.25) is 5.02 Å². The van der Waals surface area contributed by atoms with E-state index in [9.17, 15) is 4.79 Å². The third kappa shape index (κ3) is 4.71. The van der Waals surface area contributed by atoms with Gasteiger partial charge in [0.1, 0.15) is 12.4 Å². The fourth-order valence-corrected chi connectivity index (χ4v) is 3.11. The lowest BCUT2D eigenvalue weighted by Gasteiger charge is -2.19. The Balaban J connectivity index is 1.93. The summed E-state index contributed by atoms with van der Waals surface area (Å²) in [5.74, 6) is 0.167. The Morgan fingerprint density at radius 3 is 2.61 bits per heavy atom. The Kier molecular flexibility index (Phi) is 6.69. The van der Waals surface area contributed by atoms with Gasteiger partial charge in [0, 0.05) is 21.9 Å². The van der Waals surface area contributed by atoms with Crippen molar-refractivity contribution in [2.45, 2.75) is 6.10 Å². The van der Waals surface area contributed by atoms with Crippen LogP contribution in [0.1, 0.15) is 0 Å². The highest BCUT2D eigenvalue weighted by Crippen LogP contribution is 2.36. The lowest BCUT2D eigenvalue weighted by molar-refractivity contribution is -0.147. The van der Waals surface area contributed by atoms with Gasteiger partial charge in [-0.05, 0) is 29.0 Å². The highest BCUT2D eigenvalue weighted by atomic mass is 35.5. The molecule has 0 saturated carbocycles. The van der Waals surface area contributed by atoms with Gasteiger partial charge in [0.2, 0.25) is 0 Å². The predicted molar refractivity (Wildman–Crippen MR) is 113 cm³/mol. The van der Waals surface area contributed by atoms with Gasteiger partial charge in [0.05, 0.1) is 13.2 Å². The first-order valence-electron chi connectivity index (χ1n) is 8.88. The number of halogens is 1. The number of fused-ring (bicyclic) bond motifs is 2. The van der Waals surface area contributed by atoms with Crippen molar-refractivity contribution in [1.82, 2.24) is 0 Å². The number of hydrogen-bond acceptors (Lipinski definition) is 4. The van der Waals surface area contributed by atoms with Crippen LogP contribution in [-0.4, -0.2) is 31.9 Å². The molecule has 0 saturated heterocycles. The molecule has 0 aliphatic heterocycles. The van der Waals surface area contributed by atoms with Crippen molar-refractivity contribution < 1.29 is 19.0 Å². The second-order valence-corrected chi connectivity index (χ2v) is 6.63. The molecule has 0 aliphatic carbocycles. The summed E-state index contributed by atoms with van der Waals surface area (Å²) in [7, 11) is 0. The van der Waals surface area contributed by atoms with Crippen LogP contribution in [0, 0.1) is 0 Å². The Morgan fingerprint density at radius 1 is 1.04 bits per heavy atom. The molecule has 0 aliphatic rings.